The van der Waals surface area contributed by atoms with Gasteiger partial charge in [-0.25, -0.2) is 17.7 Å². The first-order valence-corrected chi connectivity index (χ1v) is 10.9. The molecule has 0 atom stereocenters. The fraction of sp³-hybridized carbons (Fsp3) is 0.300. The molecule has 3 aromatic rings. The number of sulfonamides is 1. The van der Waals surface area contributed by atoms with E-state index in [9.17, 15) is 13.2 Å². The third-order valence-electron chi connectivity index (χ3n) is 4.90. The Labute approximate surface area is 168 Å². The Morgan fingerprint density at radius 3 is 2.55 bits per heavy atom. The summed E-state index contributed by atoms with van der Waals surface area (Å²) in [5.41, 5.74) is 0.915. The second kappa shape index (κ2) is 8.22. The van der Waals surface area contributed by atoms with Crippen LogP contribution in [-0.4, -0.2) is 42.7 Å². The van der Waals surface area contributed by atoms with Gasteiger partial charge in [-0.3, -0.25) is 4.79 Å². The maximum atomic E-state index is 12.7. The zero-order valence-corrected chi connectivity index (χ0v) is 16.5. The Morgan fingerprint density at radius 2 is 1.86 bits per heavy atom. The summed E-state index contributed by atoms with van der Waals surface area (Å²) < 4.78 is 37.4. The number of hydrogen-bond donors (Lipinski definition) is 1. The molecule has 152 valence electrons. The van der Waals surface area contributed by atoms with Crippen LogP contribution >= 0.6 is 0 Å². The number of hydrogen-bond acceptors (Lipinski definition) is 6. The molecule has 0 saturated carbocycles. The minimum atomic E-state index is -3.39. The molecule has 1 saturated heterocycles. The second-order valence-electron chi connectivity index (χ2n) is 6.90. The largest absolute Gasteiger partial charge is 0.461 e. The predicted molar refractivity (Wildman–Crippen MR) is 105 cm³/mol. The first-order chi connectivity index (χ1) is 14.0. The van der Waals surface area contributed by atoms with Crippen LogP contribution in [0.2, 0.25) is 0 Å². The van der Waals surface area contributed by atoms with E-state index >= 15 is 0 Å². The van der Waals surface area contributed by atoms with Gasteiger partial charge < -0.3 is 14.2 Å². The summed E-state index contributed by atoms with van der Waals surface area (Å²) in [5.74, 6) is 0.316. The highest BCUT2D eigenvalue weighted by molar-refractivity contribution is 7.88. The molecule has 1 aliphatic heterocycles. The van der Waals surface area contributed by atoms with Crippen LogP contribution in [0.25, 0.3) is 11.5 Å². The Balaban J connectivity index is 1.35. The Kier molecular flexibility index (Phi) is 5.50. The lowest BCUT2D eigenvalue weighted by atomic mass is 10.1. The quantitative estimate of drug-likeness (QED) is 0.663. The molecule has 0 radical (unpaired) electrons. The average Bonchev–Trinajstić information content (AvgIpc) is 3.40. The van der Waals surface area contributed by atoms with Crippen molar-refractivity contribution >= 4 is 15.9 Å². The monoisotopic (exact) mass is 415 g/mol. The van der Waals surface area contributed by atoms with Gasteiger partial charge in [0.25, 0.3) is 5.91 Å². The molecule has 1 fully saturated rings. The summed E-state index contributed by atoms with van der Waals surface area (Å²) in [6.45, 7) is 0.730. The molecule has 9 heteroatoms. The number of furan rings is 1. The van der Waals surface area contributed by atoms with Crippen molar-refractivity contribution in [1.29, 1.82) is 0 Å². The Bertz CT molecular complexity index is 1050. The molecule has 1 amide bonds. The van der Waals surface area contributed by atoms with Gasteiger partial charge in [-0.15, -0.1) is 0 Å². The number of benzene rings is 1. The molecule has 8 nitrogen and oxygen atoms in total. The van der Waals surface area contributed by atoms with Gasteiger partial charge in [0, 0.05) is 19.1 Å². The smallest absolute Gasteiger partial charge is 0.274 e. The van der Waals surface area contributed by atoms with E-state index < -0.39 is 10.0 Å². The van der Waals surface area contributed by atoms with Gasteiger partial charge in [-0.1, -0.05) is 30.3 Å². The number of amides is 1. The second-order valence-corrected chi connectivity index (χ2v) is 8.86. The van der Waals surface area contributed by atoms with Crippen molar-refractivity contribution in [3.63, 3.8) is 0 Å². The number of carbonyl (C=O) groups excluding carboxylic acids is 1. The topological polar surface area (TPSA) is 106 Å². The van der Waals surface area contributed by atoms with Crippen molar-refractivity contribution in [2.45, 2.75) is 24.6 Å². The number of piperidine rings is 1. The van der Waals surface area contributed by atoms with Crippen molar-refractivity contribution in [3.05, 3.63) is 66.4 Å². The van der Waals surface area contributed by atoms with E-state index in [0.717, 1.165) is 5.56 Å². The molecule has 0 aliphatic carbocycles. The van der Waals surface area contributed by atoms with Crippen LogP contribution in [-0.2, 0) is 15.8 Å². The van der Waals surface area contributed by atoms with Crippen molar-refractivity contribution in [1.82, 2.24) is 14.6 Å². The summed E-state index contributed by atoms with van der Waals surface area (Å²) in [7, 11) is -3.39. The van der Waals surface area contributed by atoms with Gasteiger partial charge in [-0.05, 0) is 30.5 Å². The summed E-state index contributed by atoms with van der Waals surface area (Å²) in [4.78, 5) is 16.6. The molecule has 0 bridgehead atoms. The lowest BCUT2D eigenvalue weighted by Crippen LogP contribution is -2.46. The van der Waals surface area contributed by atoms with E-state index in [2.05, 4.69) is 10.3 Å². The van der Waals surface area contributed by atoms with E-state index in [1.165, 1.54) is 17.0 Å². The van der Waals surface area contributed by atoms with Crippen LogP contribution < -0.4 is 5.32 Å². The molecule has 4 rings (SSSR count). The van der Waals surface area contributed by atoms with Crippen molar-refractivity contribution < 1.29 is 22.0 Å². The fourth-order valence-corrected chi connectivity index (χ4v) is 4.96. The zero-order chi connectivity index (χ0) is 20.3. The Hall–Kier alpha value is -2.91. The van der Waals surface area contributed by atoms with E-state index in [1.807, 2.05) is 18.2 Å². The third kappa shape index (κ3) is 4.41. The number of rotatable bonds is 6. The summed E-state index contributed by atoms with van der Waals surface area (Å²) in [6.07, 6.45) is 3.76. The van der Waals surface area contributed by atoms with Crippen LogP contribution in [0.1, 0.15) is 28.9 Å². The standard InChI is InChI=1S/C20H21N3O5S/c24-20(18-19(28-14-21-18)17-7-4-12-27-17)22-16-8-10-23(11-9-16)29(25,26)13-15-5-2-1-3-6-15/h1-7,12,14,16H,8-11,13H2,(H,22,24). The first-order valence-electron chi connectivity index (χ1n) is 9.33. The fourth-order valence-electron chi connectivity index (χ4n) is 3.40. The number of nitrogens with one attached hydrogen (secondary N) is 1. The molecular weight excluding hydrogens is 394 g/mol. The van der Waals surface area contributed by atoms with Crippen LogP contribution in [0.4, 0.5) is 0 Å². The van der Waals surface area contributed by atoms with Gasteiger partial charge in [0.1, 0.15) is 0 Å². The number of nitrogens with zero attached hydrogens (tertiary/aromatic N) is 2. The number of aromatic nitrogens is 1. The molecule has 29 heavy (non-hydrogen) atoms. The normalized spacial score (nSPS) is 16.0. The summed E-state index contributed by atoms with van der Waals surface area (Å²) in [5, 5.41) is 2.92. The minimum absolute atomic E-state index is 0.0175. The van der Waals surface area contributed by atoms with Gasteiger partial charge >= 0.3 is 0 Å². The van der Waals surface area contributed by atoms with Crippen LogP contribution in [0.15, 0.2) is 64.0 Å². The highest BCUT2D eigenvalue weighted by Crippen LogP contribution is 2.24. The molecule has 1 aliphatic rings. The maximum Gasteiger partial charge on any atom is 0.274 e. The van der Waals surface area contributed by atoms with E-state index in [-0.39, 0.29) is 29.2 Å². The maximum absolute atomic E-state index is 12.7. The van der Waals surface area contributed by atoms with E-state index in [4.69, 9.17) is 8.83 Å². The zero-order valence-electron chi connectivity index (χ0n) is 15.7. The lowest BCUT2D eigenvalue weighted by Gasteiger charge is -2.31. The highest BCUT2D eigenvalue weighted by Gasteiger charge is 2.30. The van der Waals surface area contributed by atoms with Gasteiger partial charge in [0.05, 0.1) is 12.0 Å². The SMILES string of the molecule is O=C(NC1CCN(S(=O)(=O)Cc2ccccc2)CC1)c1ncoc1-c1ccco1. The van der Waals surface area contributed by atoms with Crippen molar-refractivity contribution in [2.75, 3.05) is 13.1 Å². The number of oxazole rings is 1. The molecule has 0 unspecified atom stereocenters. The predicted octanol–water partition coefficient (Wildman–Crippen LogP) is 2.66. The molecule has 2 aromatic heterocycles. The molecule has 3 heterocycles. The lowest BCUT2D eigenvalue weighted by molar-refractivity contribution is 0.0919. The minimum Gasteiger partial charge on any atom is -0.461 e. The van der Waals surface area contributed by atoms with Crippen LogP contribution in [0.3, 0.4) is 0 Å². The first kappa shape index (κ1) is 19.4. The Morgan fingerprint density at radius 1 is 1.10 bits per heavy atom. The number of carbonyl (C=O) groups is 1. The van der Waals surface area contributed by atoms with Crippen LogP contribution in [0, 0.1) is 0 Å². The summed E-state index contributed by atoms with van der Waals surface area (Å²) >= 11 is 0. The van der Waals surface area contributed by atoms with E-state index in [1.54, 1.807) is 24.3 Å². The van der Waals surface area contributed by atoms with E-state index in [0.29, 0.717) is 31.7 Å². The summed E-state index contributed by atoms with van der Waals surface area (Å²) in [6, 6.07) is 12.4. The molecule has 1 aromatic carbocycles. The molecule has 1 N–H and O–H groups in total. The molecule has 0 spiro atoms. The van der Waals surface area contributed by atoms with Gasteiger partial charge in [0.2, 0.25) is 15.8 Å². The van der Waals surface area contributed by atoms with Crippen molar-refractivity contribution in [3.8, 4) is 11.5 Å². The molecular formula is C20H21N3O5S. The van der Waals surface area contributed by atoms with Crippen LogP contribution in [0.5, 0.6) is 0 Å². The average molecular weight is 415 g/mol. The van der Waals surface area contributed by atoms with Crippen molar-refractivity contribution in [2.24, 2.45) is 0 Å². The highest BCUT2D eigenvalue weighted by atomic mass is 32.2. The van der Waals surface area contributed by atoms with Gasteiger partial charge in [-0.2, -0.15) is 0 Å². The van der Waals surface area contributed by atoms with Gasteiger partial charge in [0.15, 0.2) is 17.8 Å². The third-order valence-corrected chi connectivity index (χ3v) is 6.75.